The van der Waals surface area contributed by atoms with Crippen LogP contribution in [-0.4, -0.2) is 11.1 Å². The normalized spacial score (nSPS) is 8.54. The quantitative estimate of drug-likeness (QED) is 0.869. The molecule has 0 unspecified atom stereocenters. The van der Waals surface area contributed by atoms with Gasteiger partial charge in [0.25, 0.3) is 0 Å². The van der Waals surface area contributed by atoms with E-state index in [-0.39, 0.29) is 6.42 Å². The lowest BCUT2D eigenvalue weighted by molar-refractivity contribution is -0.136. The Bertz CT molecular complexity index is 271. The number of benzene rings is 1. The summed E-state index contributed by atoms with van der Waals surface area (Å²) in [4.78, 5) is 10.3. The van der Waals surface area contributed by atoms with Gasteiger partial charge in [-0.2, -0.15) is 0 Å². The number of carbonyl (C=O) groups is 1. The Kier molecular flexibility index (Phi) is 6.24. The van der Waals surface area contributed by atoms with E-state index in [1.807, 2.05) is 32.0 Å². The number of carboxylic acid groups (broad SMARTS) is 1. The average Bonchev–Trinajstić information content (AvgIpc) is 2.12. The summed E-state index contributed by atoms with van der Waals surface area (Å²) in [6, 6.07) is 7.30. The van der Waals surface area contributed by atoms with E-state index in [4.69, 9.17) is 5.11 Å². The van der Waals surface area contributed by atoms with Gasteiger partial charge in [-0.05, 0) is 11.6 Å². The number of rotatable bonds is 2. The van der Waals surface area contributed by atoms with Crippen LogP contribution in [0.15, 0.2) is 28.7 Å². The molecule has 0 atom stereocenters. The minimum Gasteiger partial charge on any atom is -0.481 e. The molecule has 0 fully saturated rings. The highest BCUT2D eigenvalue weighted by molar-refractivity contribution is 9.10. The largest absolute Gasteiger partial charge is 0.481 e. The Morgan fingerprint density at radius 1 is 1.38 bits per heavy atom. The van der Waals surface area contributed by atoms with Gasteiger partial charge in [0.05, 0.1) is 6.42 Å². The molecule has 0 spiro atoms. The number of aliphatic carboxylic acids is 1. The maximum Gasteiger partial charge on any atom is 0.307 e. The summed E-state index contributed by atoms with van der Waals surface area (Å²) in [6.45, 7) is 4.00. The first kappa shape index (κ1) is 12.2. The maximum atomic E-state index is 10.3. The average molecular weight is 245 g/mol. The molecule has 1 aromatic carbocycles. The molecule has 0 aromatic heterocycles. The molecular formula is C10H13BrO2. The number of carboxylic acids is 1. The lowest BCUT2D eigenvalue weighted by Crippen LogP contribution is -2.00. The maximum absolute atomic E-state index is 10.3. The van der Waals surface area contributed by atoms with E-state index in [1.165, 1.54) is 0 Å². The van der Waals surface area contributed by atoms with E-state index in [0.717, 1.165) is 10.0 Å². The summed E-state index contributed by atoms with van der Waals surface area (Å²) in [6.07, 6.45) is 0.0709. The molecule has 3 heteroatoms. The topological polar surface area (TPSA) is 37.3 Å². The van der Waals surface area contributed by atoms with Gasteiger partial charge in [0.2, 0.25) is 0 Å². The van der Waals surface area contributed by atoms with Gasteiger partial charge in [-0.25, -0.2) is 0 Å². The molecule has 72 valence electrons. The summed E-state index contributed by atoms with van der Waals surface area (Å²) in [5, 5.41) is 8.47. The minimum absolute atomic E-state index is 0.0709. The summed E-state index contributed by atoms with van der Waals surface area (Å²) in [5.41, 5.74) is 0.806. The second kappa shape index (κ2) is 6.66. The van der Waals surface area contributed by atoms with Crippen LogP contribution in [0.3, 0.4) is 0 Å². The van der Waals surface area contributed by atoms with Crippen LogP contribution in [0.25, 0.3) is 0 Å². The van der Waals surface area contributed by atoms with Crippen molar-refractivity contribution in [3.8, 4) is 0 Å². The highest BCUT2D eigenvalue weighted by Gasteiger charge is 2.02. The molecule has 1 N–H and O–H groups in total. The van der Waals surface area contributed by atoms with Gasteiger partial charge in [0, 0.05) is 4.47 Å². The summed E-state index contributed by atoms with van der Waals surface area (Å²) in [7, 11) is 0. The molecule has 2 nitrogen and oxygen atoms in total. The van der Waals surface area contributed by atoms with Crippen molar-refractivity contribution in [2.75, 3.05) is 0 Å². The van der Waals surface area contributed by atoms with Gasteiger partial charge in [-0.15, -0.1) is 0 Å². The summed E-state index contributed by atoms with van der Waals surface area (Å²) < 4.78 is 0.849. The molecule has 0 amide bonds. The predicted molar refractivity (Wildman–Crippen MR) is 56.8 cm³/mol. The molecule has 0 radical (unpaired) electrons. The second-order valence-electron chi connectivity index (χ2n) is 2.16. The van der Waals surface area contributed by atoms with Crippen molar-refractivity contribution < 1.29 is 9.90 Å². The van der Waals surface area contributed by atoms with Crippen LogP contribution in [-0.2, 0) is 11.2 Å². The molecule has 13 heavy (non-hydrogen) atoms. The monoisotopic (exact) mass is 244 g/mol. The first-order valence-corrected chi connectivity index (χ1v) is 4.94. The van der Waals surface area contributed by atoms with Crippen LogP contribution in [0, 0.1) is 0 Å². The molecule has 0 aliphatic heterocycles. The third kappa shape index (κ3) is 4.68. The first-order valence-electron chi connectivity index (χ1n) is 4.15. The third-order valence-corrected chi connectivity index (χ3v) is 2.07. The zero-order valence-electron chi connectivity index (χ0n) is 7.75. The fourth-order valence-corrected chi connectivity index (χ4v) is 1.23. The Labute approximate surface area is 86.7 Å². The zero-order valence-corrected chi connectivity index (χ0v) is 9.34. The highest BCUT2D eigenvalue weighted by atomic mass is 79.9. The molecule has 1 rings (SSSR count). The lowest BCUT2D eigenvalue weighted by Gasteiger charge is -1.98. The third-order valence-electron chi connectivity index (χ3n) is 1.30. The first-order chi connectivity index (χ1) is 6.20. The molecule has 0 heterocycles. The Morgan fingerprint density at radius 2 is 1.92 bits per heavy atom. The highest BCUT2D eigenvalue weighted by Crippen LogP contribution is 2.15. The van der Waals surface area contributed by atoms with Gasteiger partial charge in [-0.1, -0.05) is 48.0 Å². The van der Waals surface area contributed by atoms with Gasteiger partial charge < -0.3 is 5.11 Å². The van der Waals surface area contributed by atoms with E-state index in [1.54, 1.807) is 6.07 Å². The van der Waals surface area contributed by atoms with Crippen LogP contribution in [0.2, 0.25) is 0 Å². The molecule has 1 aromatic rings. The fourth-order valence-electron chi connectivity index (χ4n) is 0.805. The van der Waals surface area contributed by atoms with Crippen molar-refractivity contribution in [1.29, 1.82) is 0 Å². The minimum atomic E-state index is -0.808. The summed E-state index contributed by atoms with van der Waals surface area (Å²) in [5.74, 6) is -0.808. The summed E-state index contributed by atoms with van der Waals surface area (Å²) >= 11 is 3.26. The van der Waals surface area contributed by atoms with Crippen molar-refractivity contribution in [3.63, 3.8) is 0 Å². The van der Waals surface area contributed by atoms with Gasteiger partial charge in [0.15, 0.2) is 0 Å². The van der Waals surface area contributed by atoms with Crippen LogP contribution in [0.4, 0.5) is 0 Å². The second-order valence-corrected chi connectivity index (χ2v) is 3.02. The van der Waals surface area contributed by atoms with Crippen molar-refractivity contribution in [3.05, 3.63) is 34.3 Å². The van der Waals surface area contributed by atoms with Crippen LogP contribution < -0.4 is 0 Å². The van der Waals surface area contributed by atoms with Crippen molar-refractivity contribution in [1.82, 2.24) is 0 Å². The molecular weight excluding hydrogens is 232 g/mol. The zero-order chi connectivity index (χ0) is 10.3. The molecule has 0 aliphatic rings. The number of halogens is 1. The van der Waals surface area contributed by atoms with E-state index in [0.29, 0.717) is 0 Å². The van der Waals surface area contributed by atoms with E-state index in [2.05, 4.69) is 15.9 Å². The van der Waals surface area contributed by atoms with E-state index >= 15 is 0 Å². The van der Waals surface area contributed by atoms with Crippen molar-refractivity contribution >= 4 is 21.9 Å². The van der Waals surface area contributed by atoms with Crippen LogP contribution >= 0.6 is 15.9 Å². The number of hydrogen-bond acceptors (Lipinski definition) is 1. The SMILES string of the molecule is CC.O=C(O)Cc1ccccc1Br. The predicted octanol–water partition coefficient (Wildman–Crippen LogP) is 3.10. The Morgan fingerprint density at radius 3 is 2.38 bits per heavy atom. The molecule has 0 saturated carbocycles. The molecule has 0 aliphatic carbocycles. The molecule has 0 bridgehead atoms. The van der Waals surface area contributed by atoms with Crippen molar-refractivity contribution in [2.24, 2.45) is 0 Å². The van der Waals surface area contributed by atoms with Crippen molar-refractivity contribution in [2.45, 2.75) is 20.3 Å². The number of hydrogen-bond donors (Lipinski definition) is 1. The van der Waals surface area contributed by atoms with Crippen LogP contribution in [0.5, 0.6) is 0 Å². The Hall–Kier alpha value is -0.830. The fraction of sp³-hybridized carbons (Fsp3) is 0.300. The lowest BCUT2D eigenvalue weighted by atomic mass is 10.2. The van der Waals surface area contributed by atoms with E-state index in [9.17, 15) is 4.79 Å². The van der Waals surface area contributed by atoms with Gasteiger partial charge in [0.1, 0.15) is 0 Å². The van der Waals surface area contributed by atoms with Crippen LogP contribution in [0.1, 0.15) is 19.4 Å². The van der Waals surface area contributed by atoms with E-state index < -0.39 is 5.97 Å². The van der Waals surface area contributed by atoms with Gasteiger partial charge >= 0.3 is 5.97 Å². The Balaban J connectivity index is 0.000000671. The smallest absolute Gasteiger partial charge is 0.307 e. The molecule has 0 saturated heterocycles. The van der Waals surface area contributed by atoms with Gasteiger partial charge in [-0.3, -0.25) is 4.79 Å². The standard InChI is InChI=1S/C8H7BrO2.C2H6/c9-7-4-2-1-3-6(7)5-8(10)11;1-2/h1-4H,5H2,(H,10,11);1-2H3.